The first-order valence-corrected chi connectivity index (χ1v) is 11.9. The van der Waals surface area contributed by atoms with Crippen LogP contribution in [0, 0.1) is 9.64 Å². The van der Waals surface area contributed by atoms with Crippen LogP contribution in [0.3, 0.4) is 0 Å². The molecule has 0 saturated carbocycles. The summed E-state index contributed by atoms with van der Waals surface area (Å²) in [6.45, 7) is 6.60. The molecule has 7 heteroatoms. The molecule has 1 aliphatic heterocycles. The zero-order chi connectivity index (χ0) is 20.8. The van der Waals surface area contributed by atoms with E-state index in [1.165, 1.54) is 12.1 Å². The van der Waals surface area contributed by atoms with Crippen LogP contribution in [0.25, 0.3) is 11.1 Å². The van der Waals surface area contributed by atoms with Gasteiger partial charge in [0.2, 0.25) is 5.91 Å². The fourth-order valence-electron chi connectivity index (χ4n) is 3.77. The molecular weight excluding hydrogens is 425 g/mol. The van der Waals surface area contributed by atoms with Crippen molar-refractivity contribution in [3.05, 3.63) is 62.5 Å². The van der Waals surface area contributed by atoms with Crippen molar-refractivity contribution in [1.29, 1.82) is 0 Å². The Hall–Kier alpha value is -2.09. The maximum Gasteiger partial charge on any atom is 0.232 e. The molecule has 2 aromatic carbocycles. The minimum absolute atomic E-state index is 0.0398. The van der Waals surface area contributed by atoms with E-state index in [0.29, 0.717) is 6.61 Å². The largest absolute Gasteiger partial charge is 0.494 e. The van der Waals surface area contributed by atoms with E-state index in [0.717, 1.165) is 36.8 Å². The Balaban J connectivity index is 1.83. The fraction of sp³-hybridized carbons (Fsp3) is 0.273. The summed E-state index contributed by atoms with van der Waals surface area (Å²) >= 11 is 5.63. The first-order chi connectivity index (χ1) is 13.8. The Morgan fingerprint density at radius 3 is 2.59 bits per heavy atom. The number of nitrogens with zero attached hydrogens (tertiary/aromatic N) is 1. The number of hydrogen-bond donors (Lipinski definition) is 0. The molecule has 29 heavy (non-hydrogen) atoms. The van der Waals surface area contributed by atoms with E-state index in [1.54, 1.807) is 32.8 Å². The van der Waals surface area contributed by atoms with Gasteiger partial charge in [-0.2, -0.15) is 0 Å². The second kappa shape index (κ2) is 7.63. The summed E-state index contributed by atoms with van der Waals surface area (Å²) in [7, 11) is 3.19. The molecule has 0 atom stereocenters. The Morgan fingerprint density at radius 1 is 1.17 bits per heavy atom. The van der Waals surface area contributed by atoms with Crippen LogP contribution in [-0.4, -0.2) is 12.5 Å². The lowest BCUT2D eigenvalue weighted by Gasteiger charge is -2.43. The maximum absolute atomic E-state index is 13.4. The zero-order valence-electron chi connectivity index (χ0n) is 16.3. The number of carbonyl (C=O) groups excluding carboxylic acids is 1. The van der Waals surface area contributed by atoms with E-state index in [-0.39, 0.29) is 18.1 Å². The minimum Gasteiger partial charge on any atom is -0.494 e. The van der Waals surface area contributed by atoms with E-state index in [1.807, 2.05) is 43.9 Å². The van der Waals surface area contributed by atoms with Gasteiger partial charge in [0, 0.05) is 11.1 Å². The highest BCUT2D eigenvalue weighted by Crippen LogP contribution is 2.52. The molecule has 0 saturated heterocycles. The van der Waals surface area contributed by atoms with Gasteiger partial charge >= 0.3 is 0 Å². The summed E-state index contributed by atoms with van der Waals surface area (Å²) in [6.07, 6.45) is 0.196. The van der Waals surface area contributed by atoms with Gasteiger partial charge in [-0.25, -0.2) is 4.39 Å². The third-order valence-corrected chi connectivity index (χ3v) is 8.38. The Kier molecular flexibility index (Phi) is 5.31. The first-order valence-electron chi connectivity index (χ1n) is 9.31. The van der Waals surface area contributed by atoms with Crippen LogP contribution in [0.4, 0.5) is 10.1 Å². The van der Waals surface area contributed by atoms with E-state index in [9.17, 15) is 9.18 Å². The number of carbonyl (C=O) groups is 1. The highest BCUT2D eigenvalue weighted by atomic mass is 32.9. The van der Waals surface area contributed by atoms with Crippen molar-refractivity contribution in [2.75, 3.05) is 11.5 Å². The summed E-state index contributed by atoms with van der Waals surface area (Å²) < 4.78 is 19.8. The molecule has 0 spiro atoms. The molecule has 4 rings (SSSR count). The number of rotatable bonds is 4. The molecule has 0 aliphatic carbocycles. The standard InChI is InChI=1S/C22H20FNO2S3/c1-4-26-15-9-10-17-16(12-15)19-20(28-29-21(19)27)22(2,3)24(17)18(25)11-13-5-7-14(23)8-6-13/h5-10,12H,4,11H2,1-3H3. The molecular formula is C22H20FNO2S3. The lowest BCUT2D eigenvalue weighted by Crippen LogP contribution is -2.48. The van der Waals surface area contributed by atoms with Crippen LogP contribution in [0.5, 0.6) is 5.75 Å². The minimum atomic E-state index is -0.537. The Labute approximate surface area is 181 Å². The average Bonchev–Trinajstić information content (AvgIpc) is 3.07. The third kappa shape index (κ3) is 3.52. The number of hydrogen-bond acceptors (Lipinski definition) is 5. The van der Waals surface area contributed by atoms with Crippen molar-refractivity contribution in [1.82, 2.24) is 0 Å². The predicted molar refractivity (Wildman–Crippen MR) is 120 cm³/mol. The number of fused-ring (bicyclic) bond motifs is 3. The summed E-state index contributed by atoms with van der Waals surface area (Å²) in [5.74, 6) is 0.409. The second-order valence-corrected chi connectivity index (χ2v) is 10.2. The molecule has 0 radical (unpaired) electrons. The van der Waals surface area contributed by atoms with Crippen molar-refractivity contribution in [2.24, 2.45) is 0 Å². The molecule has 0 N–H and O–H groups in total. The smallest absolute Gasteiger partial charge is 0.232 e. The van der Waals surface area contributed by atoms with E-state index < -0.39 is 5.54 Å². The van der Waals surface area contributed by atoms with Crippen molar-refractivity contribution in [3.8, 4) is 16.9 Å². The molecule has 0 bridgehead atoms. The van der Waals surface area contributed by atoms with Gasteiger partial charge in [-0.3, -0.25) is 4.79 Å². The van der Waals surface area contributed by atoms with Gasteiger partial charge in [0.25, 0.3) is 0 Å². The SMILES string of the molecule is CCOc1ccc2c(c1)-c1c(ssc1=S)C(C)(C)N2C(=O)Cc1ccc(F)cc1. The molecule has 1 amide bonds. The lowest BCUT2D eigenvalue weighted by molar-refractivity contribution is -0.119. The average molecular weight is 446 g/mol. The summed E-state index contributed by atoms with van der Waals surface area (Å²) in [5, 5.41) is 0. The van der Waals surface area contributed by atoms with Crippen LogP contribution in [0.15, 0.2) is 42.5 Å². The summed E-state index contributed by atoms with van der Waals surface area (Å²) in [5.41, 5.74) is 3.03. The third-order valence-electron chi connectivity index (χ3n) is 5.05. The molecule has 1 aromatic heterocycles. The van der Waals surface area contributed by atoms with Crippen LogP contribution in [0.2, 0.25) is 0 Å². The van der Waals surface area contributed by atoms with Crippen LogP contribution < -0.4 is 9.64 Å². The highest BCUT2D eigenvalue weighted by molar-refractivity contribution is 7.80. The summed E-state index contributed by atoms with van der Waals surface area (Å²) in [6, 6.07) is 11.9. The Bertz CT molecular complexity index is 1130. The lowest BCUT2D eigenvalue weighted by atomic mass is 9.87. The molecule has 2 heterocycles. The quantitative estimate of drug-likeness (QED) is 0.336. The number of anilines is 1. The van der Waals surface area contributed by atoms with Gasteiger partial charge in [-0.05, 0) is 56.7 Å². The van der Waals surface area contributed by atoms with E-state index in [2.05, 4.69) is 0 Å². The van der Waals surface area contributed by atoms with Gasteiger partial charge < -0.3 is 9.64 Å². The van der Waals surface area contributed by atoms with Crippen LogP contribution in [-0.2, 0) is 16.8 Å². The maximum atomic E-state index is 13.4. The molecule has 3 aromatic rings. The molecule has 0 unspecified atom stereocenters. The highest BCUT2D eigenvalue weighted by Gasteiger charge is 2.42. The van der Waals surface area contributed by atoms with E-state index in [4.69, 9.17) is 17.0 Å². The van der Waals surface area contributed by atoms with Gasteiger partial charge in [-0.15, -0.1) is 0 Å². The van der Waals surface area contributed by atoms with E-state index >= 15 is 0 Å². The van der Waals surface area contributed by atoms with Crippen LogP contribution in [0.1, 0.15) is 31.2 Å². The molecule has 1 aliphatic rings. The van der Waals surface area contributed by atoms with Gasteiger partial charge in [0.1, 0.15) is 15.4 Å². The first kappa shape index (κ1) is 20.2. The van der Waals surface area contributed by atoms with Crippen molar-refractivity contribution < 1.29 is 13.9 Å². The van der Waals surface area contributed by atoms with Crippen LogP contribution >= 0.6 is 32.9 Å². The molecule has 3 nitrogen and oxygen atoms in total. The number of ether oxygens (including phenoxy) is 1. The fourth-order valence-corrected chi connectivity index (χ4v) is 7.05. The van der Waals surface area contributed by atoms with Gasteiger partial charge in [0.05, 0.1) is 29.1 Å². The van der Waals surface area contributed by atoms with Gasteiger partial charge in [0.15, 0.2) is 0 Å². The molecule has 0 fully saturated rings. The van der Waals surface area contributed by atoms with Crippen molar-refractivity contribution >= 4 is 44.5 Å². The monoisotopic (exact) mass is 445 g/mol. The number of halogens is 1. The molecule has 150 valence electrons. The number of benzene rings is 2. The second-order valence-electron chi connectivity index (χ2n) is 7.36. The Morgan fingerprint density at radius 2 is 1.90 bits per heavy atom. The normalized spacial score (nSPS) is 14.3. The zero-order valence-corrected chi connectivity index (χ0v) is 18.8. The van der Waals surface area contributed by atoms with Crippen molar-refractivity contribution in [3.63, 3.8) is 0 Å². The van der Waals surface area contributed by atoms with Crippen molar-refractivity contribution in [2.45, 2.75) is 32.7 Å². The summed E-state index contributed by atoms with van der Waals surface area (Å²) in [4.78, 5) is 16.4. The topological polar surface area (TPSA) is 29.5 Å². The van der Waals surface area contributed by atoms with Gasteiger partial charge in [-0.1, -0.05) is 45.0 Å². The predicted octanol–water partition coefficient (Wildman–Crippen LogP) is 6.57. The number of amides is 1.